The van der Waals surface area contributed by atoms with Crippen LogP contribution in [0.15, 0.2) is 43.0 Å². The lowest BCUT2D eigenvalue weighted by Gasteiger charge is -2.18. The Labute approximate surface area is 210 Å². The van der Waals surface area contributed by atoms with Crippen LogP contribution in [0, 0.1) is 0 Å². The van der Waals surface area contributed by atoms with E-state index in [1.54, 1.807) is 24.3 Å². The molecule has 4 aromatic rings. The fourth-order valence-electron chi connectivity index (χ4n) is 3.87. The number of benzene rings is 1. The number of nitrogens with one attached hydrogen (secondary N) is 1. The Balaban J connectivity index is 1.40. The highest BCUT2D eigenvalue weighted by molar-refractivity contribution is 5.66. The highest BCUT2D eigenvalue weighted by Gasteiger charge is 2.33. The molecule has 1 fully saturated rings. The highest BCUT2D eigenvalue weighted by Crippen LogP contribution is 2.45. The molecule has 1 aliphatic carbocycles. The standard InChI is InChI=1S/C25H23F3N6O3/c1-13(14-4-8-16(9-5-14)21-30-11-18(33-21)25(26,27)28)37-23-17(35-2)10-29-22(34-23)19-20(15-6-7-15)31-12-32-24(19)36-3/h4-5,8-13,15H,6-7H2,1-3H3,(H,30,33)/t13-/m0/s1. The Morgan fingerprint density at radius 2 is 1.70 bits per heavy atom. The van der Waals surface area contributed by atoms with Crippen molar-refractivity contribution in [2.45, 2.75) is 38.0 Å². The van der Waals surface area contributed by atoms with Gasteiger partial charge in [-0.1, -0.05) is 24.3 Å². The van der Waals surface area contributed by atoms with Crippen molar-refractivity contribution in [3.63, 3.8) is 0 Å². The second-order valence-electron chi connectivity index (χ2n) is 8.51. The van der Waals surface area contributed by atoms with Crippen LogP contribution in [0.3, 0.4) is 0 Å². The van der Waals surface area contributed by atoms with E-state index in [2.05, 4.69) is 29.9 Å². The number of H-pyrrole nitrogens is 1. The van der Waals surface area contributed by atoms with E-state index in [0.717, 1.165) is 30.3 Å². The number of halogens is 3. The fourth-order valence-corrected chi connectivity index (χ4v) is 3.87. The van der Waals surface area contributed by atoms with Crippen molar-refractivity contribution >= 4 is 0 Å². The zero-order valence-corrected chi connectivity index (χ0v) is 20.2. The van der Waals surface area contributed by atoms with Crippen LogP contribution >= 0.6 is 0 Å². The number of aromatic nitrogens is 6. The summed E-state index contributed by atoms with van der Waals surface area (Å²) >= 11 is 0. The zero-order chi connectivity index (χ0) is 26.2. The molecule has 5 rings (SSSR count). The minimum Gasteiger partial charge on any atom is -0.490 e. The Kier molecular flexibility index (Phi) is 6.40. The molecular formula is C25H23F3N6O3. The first-order chi connectivity index (χ1) is 17.8. The van der Waals surface area contributed by atoms with E-state index < -0.39 is 18.0 Å². The number of nitrogens with zero attached hydrogens (tertiary/aromatic N) is 5. The van der Waals surface area contributed by atoms with Gasteiger partial charge in [0, 0.05) is 11.5 Å². The number of aromatic amines is 1. The lowest BCUT2D eigenvalue weighted by atomic mass is 10.1. The van der Waals surface area contributed by atoms with Crippen molar-refractivity contribution in [3.8, 4) is 40.3 Å². The molecule has 1 N–H and O–H groups in total. The quantitative estimate of drug-likeness (QED) is 0.335. The molecule has 3 aromatic heterocycles. The zero-order valence-electron chi connectivity index (χ0n) is 20.2. The van der Waals surface area contributed by atoms with Gasteiger partial charge in [0.25, 0.3) is 5.88 Å². The molecule has 0 saturated heterocycles. The topological polar surface area (TPSA) is 108 Å². The van der Waals surface area contributed by atoms with E-state index in [0.29, 0.717) is 34.5 Å². The maximum atomic E-state index is 12.9. The third kappa shape index (κ3) is 5.04. The van der Waals surface area contributed by atoms with Crippen LogP contribution in [0.1, 0.15) is 48.7 Å². The molecule has 192 valence electrons. The molecular weight excluding hydrogens is 489 g/mol. The van der Waals surface area contributed by atoms with Gasteiger partial charge in [0.05, 0.1) is 32.3 Å². The summed E-state index contributed by atoms with van der Waals surface area (Å²) in [5.41, 5.74) is 1.83. The number of methoxy groups -OCH3 is 2. The maximum absolute atomic E-state index is 12.9. The second kappa shape index (κ2) is 9.68. The smallest absolute Gasteiger partial charge is 0.432 e. The van der Waals surface area contributed by atoms with Crippen LogP contribution in [0.4, 0.5) is 13.2 Å². The van der Waals surface area contributed by atoms with Crippen molar-refractivity contribution in [2.24, 2.45) is 0 Å². The van der Waals surface area contributed by atoms with Crippen LogP contribution in [0.5, 0.6) is 17.5 Å². The monoisotopic (exact) mass is 512 g/mol. The Bertz CT molecular complexity index is 1400. The van der Waals surface area contributed by atoms with Crippen LogP contribution in [-0.4, -0.2) is 44.1 Å². The molecule has 1 atom stereocenters. The molecule has 1 aliphatic rings. The van der Waals surface area contributed by atoms with Crippen molar-refractivity contribution in [1.82, 2.24) is 29.9 Å². The van der Waals surface area contributed by atoms with Gasteiger partial charge < -0.3 is 19.2 Å². The molecule has 9 nitrogen and oxygen atoms in total. The fraction of sp³-hybridized carbons (Fsp3) is 0.320. The van der Waals surface area contributed by atoms with Gasteiger partial charge in [-0.3, -0.25) is 0 Å². The molecule has 0 amide bonds. The summed E-state index contributed by atoms with van der Waals surface area (Å²) in [6.45, 7) is 1.83. The first-order valence-electron chi connectivity index (χ1n) is 11.5. The average Bonchev–Trinajstić information content (AvgIpc) is 3.62. The van der Waals surface area contributed by atoms with Gasteiger partial charge in [0.2, 0.25) is 5.88 Å². The third-order valence-corrected chi connectivity index (χ3v) is 5.99. The molecule has 0 aliphatic heterocycles. The SMILES string of the molecule is COc1cnc(-c2c(OC)ncnc2C2CC2)nc1O[C@@H](C)c1ccc(-c2ncc(C(F)(F)F)[nH]2)cc1. The van der Waals surface area contributed by atoms with Crippen LogP contribution in [-0.2, 0) is 6.18 Å². The van der Waals surface area contributed by atoms with Crippen molar-refractivity contribution in [2.75, 3.05) is 14.2 Å². The predicted molar refractivity (Wildman–Crippen MR) is 126 cm³/mol. The van der Waals surface area contributed by atoms with Crippen molar-refractivity contribution in [1.29, 1.82) is 0 Å². The van der Waals surface area contributed by atoms with E-state index in [1.165, 1.54) is 26.7 Å². The number of ether oxygens (including phenoxy) is 3. The predicted octanol–water partition coefficient (Wildman–Crippen LogP) is 5.38. The third-order valence-electron chi connectivity index (χ3n) is 5.99. The van der Waals surface area contributed by atoms with E-state index in [4.69, 9.17) is 14.2 Å². The van der Waals surface area contributed by atoms with Gasteiger partial charge in [-0.15, -0.1) is 0 Å². The largest absolute Gasteiger partial charge is 0.490 e. The van der Waals surface area contributed by atoms with E-state index >= 15 is 0 Å². The molecule has 37 heavy (non-hydrogen) atoms. The summed E-state index contributed by atoms with van der Waals surface area (Å²) < 4.78 is 55.6. The van der Waals surface area contributed by atoms with Gasteiger partial charge in [0.15, 0.2) is 11.6 Å². The highest BCUT2D eigenvalue weighted by atomic mass is 19.4. The van der Waals surface area contributed by atoms with Gasteiger partial charge in [-0.05, 0) is 25.3 Å². The molecule has 3 heterocycles. The van der Waals surface area contributed by atoms with E-state index in [9.17, 15) is 13.2 Å². The molecule has 1 aromatic carbocycles. The van der Waals surface area contributed by atoms with Gasteiger partial charge >= 0.3 is 6.18 Å². The average molecular weight is 512 g/mol. The summed E-state index contributed by atoms with van der Waals surface area (Å²) in [6, 6.07) is 6.85. The Hall–Kier alpha value is -4.22. The first kappa shape index (κ1) is 24.5. The van der Waals surface area contributed by atoms with Crippen LogP contribution < -0.4 is 14.2 Å². The molecule has 0 bridgehead atoms. The maximum Gasteiger partial charge on any atom is 0.432 e. The summed E-state index contributed by atoms with van der Waals surface area (Å²) in [6.07, 6.45) is 0.851. The number of rotatable bonds is 8. The summed E-state index contributed by atoms with van der Waals surface area (Å²) in [7, 11) is 3.02. The minimum absolute atomic E-state index is 0.125. The number of hydrogen-bond acceptors (Lipinski definition) is 8. The Morgan fingerprint density at radius 3 is 2.32 bits per heavy atom. The molecule has 12 heteroatoms. The number of alkyl halides is 3. The summed E-state index contributed by atoms with van der Waals surface area (Å²) in [4.78, 5) is 23.8. The van der Waals surface area contributed by atoms with E-state index in [1.807, 2.05) is 6.92 Å². The van der Waals surface area contributed by atoms with Gasteiger partial charge in [-0.25, -0.2) is 19.9 Å². The Morgan fingerprint density at radius 1 is 0.946 bits per heavy atom. The van der Waals surface area contributed by atoms with Gasteiger partial charge in [-0.2, -0.15) is 18.2 Å². The van der Waals surface area contributed by atoms with Crippen molar-refractivity contribution in [3.05, 3.63) is 59.9 Å². The van der Waals surface area contributed by atoms with Crippen LogP contribution in [0.25, 0.3) is 22.8 Å². The lowest BCUT2D eigenvalue weighted by Crippen LogP contribution is -2.08. The molecule has 0 spiro atoms. The minimum atomic E-state index is -4.49. The molecule has 0 radical (unpaired) electrons. The van der Waals surface area contributed by atoms with Crippen molar-refractivity contribution < 1.29 is 27.4 Å². The normalized spacial score (nSPS) is 14.3. The number of imidazole rings is 1. The second-order valence-corrected chi connectivity index (χ2v) is 8.51. The first-order valence-corrected chi connectivity index (χ1v) is 11.5. The molecule has 1 saturated carbocycles. The lowest BCUT2D eigenvalue weighted by molar-refractivity contribution is -0.140. The van der Waals surface area contributed by atoms with E-state index in [-0.39, 0.29) is 11.7 Å². The van der Waals surface area contributed by atoms with Gasteiger partial charge in [0.1, 0.15) is 29.5 Å². The molecule has 0 unspecified atom stereocenters. The van der Waals surface area contributed by atoms with Crippen LogP contribution in [0.2, 0.25) is 0 Å². The summed E-state index contributed by atoms with van der Waals surface area (Å²) in [5, 5.41) is 0. The number of hydrogen-bond donors (Lipinski definition) is 1. The summed E-state index contributed by atoms with van der Waals surface area (Å²) in [5.74, 6) is 1.73.